The lowest BCUT2D eigenvalue weighted by Gasteiger charge is -2.47. The van der Waals surface area contributed by atoms with Crippen molar-refractivity contribution in [1.29, 1.82) is 0 Å². The molecule has 2 unspecified atom stereocenters. The number of rotatable bonds is 12. The summed E-state index contributed by atoms with van der Waals surface area (Å²) in [7, 11) is -7.75. The summed E-state index contributed by atoms with van der Waals surface area (Å²) in [5, 5.41) is -0.982. The van der Waals surface area contributed by atoms with Crippen molar-refractivity contribution in [2.24, 2.45) is 28.6 Å². The Morgan fingerprint density at radius 2 is 0.861 bits per heavy atom. The smallest absolute Gasteiger partial charge is 0.305 e. The standard InChI is InChI=1S/C28H58O6P2/c1-19(2)31-35(29,32-20(3)4)26(36(30,33-21(5)6)34-22(7)8)17-23-15-24(27(9,10)11)18-25(16-23)28(12,13)14/h19-26H,15-18H2,1-14H3. The van der Waals surface area contributed by atoms with Crippen LogP contribution in [0.3, 0.4) is 0 Å². The van der Waals surface area contributed by atoms with E-state index >= 15 is 0 Å². The van der Waals surface area contributed by atoms with Crippen LogP contribution in [0.5, 0.6) is 0 Å². The van der Waals surface area contributed by atoms with Gasteiger partial charge in [-0.2, -0.15) is 0 Å². The summed E-state index contributed by atoms with van der Waals surface area (Å²) >= 11 is 0. The monoisotopic (exact) mass is 552 g/mol. The summed E-state index contributed by atoms with van der Waals surface area (Å²) in [5.41, 5.74) is 0.299. The molecule has 0 heterocycles. The fourth-order valence-corrected chi connectivity index (χ4v) is 11.4. The van der Waals surface area contributed by atoms with Gasteiger partial charge in [-0.3, -0.25) is 9.13 Å². The average molecular weight is 553 g/mol. The highest BCUT2D eigenvalue weighted by Crippen LogP contribution is 2.74. The molecule has 6 nitrogen and oxygen atoms in total. The molecule has 0 aromatic heterocycles. The summed E-state index contributed by atoms with van der Waals surface area (Å²) in [5.74, 6) is 1.22. The van der Waals surface area contributed by atoms with Gasteiger partial charge in [0, 0.05) is 0 Å². The van der Waals surface area contributed by atoms with Gasteiger partial charge >= 0.3 is 15.2 Å². The zero-order valence-corrected chi connectivity index (χ0v) is 27.6. The van der Waals surface area contributed by atoms with Crippen molar-refractivity contribution in [2.45, 2.75) is 152 Å². The molecule has 0 radical (unpaired) electrons. The Balaban J connectivity index is 3.65. The largest absolute Gasteiger partial charge is 0.346 e. The highest BCUT2D eigenvalue weighted by molar-refractivity contribution is 7.72. The van der Waals surface area contributed by atoms with Crippen LogP contribution in [0.15, 0.2) is 0 Å². The Bertz CT molecular complexity index is 675. The van der Waals surface area contributed by atoms with E-state index < -0.39 is 20.6 Å². The molecule has 36 heavy (non-hydrogen) atoms. The lowest BCUT2D eigenvalue weighted by Crippen LogP contribution is -2.37. The first-order valence-corrected chi connectivity index (χ1v) is 17.2. The maximum Gasteiger partial charge on any atom is 0.346 e. The van der Waals surface area contributed by atoms with E-state index in [4.69, 9.17) is 18.1 Å². The van der Waals surface area contributed by atoms with Crippen molar-refractivity contribution in [3.8, 4) is 0 Å². The van der Waals surface area contributed by atoms with Crippen molar-refractivity contribution < 1.29 is 27.2 Å². The van der Waals surface area contributed by atoms with E-state index in [0.717, 1.165) is 12.8 Å². The second-order valence-electron chi connectivity index (χ2n) is 14.1. The minimum Gasteiger partial charge on any atom is -0.305 e. The van der Waals surface area contributed by atoms with Gasteiger partial charge in [0.25, 0.3) is 0 Å². The summed E-state index contributed by atoms with van der Waals surface area (Å²) in [6, 6.07) is 0. The molecule has 0 bridgehead atoms. The first kappa shape index (κ1) is 34.3. The van der Waals surface area contributed by atoms with Gasteiger partial charge in [0.1, 0.15) is 0 Å². The van der Waals surface area contributed by atoms with E-state index in [2.05, 4.69) is 41.5 Å². The van der Waals surface area contributed by atoms with Crippen LogP contribution in [0.25, 0.3) is 0 Å². The van der Waals surface area contributed by atoms with Gasteiger partial charge in [-0.25, -0.2) is 0 Å². The Labute approximate surface area is 223 Å². The molecule has 0 spiro atoms. The molecule has 216 valence electrons. The van der Waals surface area contributed by atoms with Gasteiger partial charge in [-0.15, -0.1) is 0 Å². The lowest BCUT2D eigenvalue weighted by molar-refractivity contribution is 0.0450. The highest BCUT2D eigenvalue weighted by Gasteiger charge is 2.54. The van der Waals surface area contributed by atoms with Crippen molar-refractivity contribution in [1.82, 2.24) is 0 Å². The van der Waals surface area contributed by atoms with Crippen LogP contribution in [-0.4, -0.2) is 29.8 Å². The first-order chi connectivity index (χ1) is 16.1. The first-order valence-electron chi connectivity index (χ1n) is 14.0. The third kappa shape index (κ3) is 10.5. The molecular formula is C28H58O6P2. The Hall–Kier alpha value is 0.300. The molecule has 0 N–H and O–H groups in total. The molecule has 0 amide bonds. The Morgan fingerprint density at radius 1 is 0.583 bits per heavy atom. The van der Waals surface area contributed by atoms with Crippen LogP contribution in [0.1, 0.15) is 123 Å². The topological polar surface area (TPSA) is 71.1 Å². The van der Waals surface area contributed by atoms with Gasteiger partial charge in [0.2, 0.25) is 0 Å². The van der Waals surface area contributed by atoms with Crippen LogP contribution in [0, 0.1) is 28.6 Å². The van der Waals surface area contributed by atoms with E-state index in [0.29, 0.717) is 18.3 Å². The number of hydrogen-bond donors (Lipinski definition) is 0. The lowest BCUT2D eigenvalue weighted by atomic mass is 9.60. The predicted molar refractivity (Wildman–Crippen MR) is 152 cm³/mol. The van der Waals surface area contributed by atoms with Crippen LogP contribution in [0.2, 0.25) is 0 Å². The summed E-state index contributed by atoms with van der Waals surface area (Å²) < 4.78 is 53.4. The molecule has 1 rings (SSSR count). The molecule has 0 aliphatic heterocycles. The van der Waals surface area contributed by atoms with Gasteiger partial charge in [-0.1, -0.05) is 41.5 Å². The quantitative estimate of drug-likeness (QED) is 0.224. The van der Waals surface area contributed by atoms with Crippen LogP contribution >= 0.6 is 15.2 Å². The van der Waals surface area contributed by atoms with Crippen LogP contribution in [0.4, 0.5) is 0 Å². The maximum absolute atomic E-state index is 14.6. The summed E-state index contributed by atoms with van der Waals surface area (Å²) in [6.07, 6.45) is 2.11. The molecule has 2 atom stereocenters. The molecular weight excluding hydrogens is 494 g/mol. The minimum absolute atomic E-state index is 0.150. The van der Waals surface area contributed by atoms with Gasteiger partial charge < -0.3 is 18.1 Å². The van der Waals surface area contributed by atoms with Crippen molar-refractivity contribution in [2.75, 3.05) is 0 Å². The summed E-state index contributed by atoms with van der Waals surface area (Å²) in [6.45, 7) is 28.5. The molecule has 8 heteroatoms. The van der Waals surface area contributed by atoms with Gasteiger partial charge in [0.05, 0.1) is 24.4 Å². The second kappa shape index (κ2) is 13.1. The highest BCUT2D eigenvalue weighted by atomic mass is 31.2. The summed E-state index contributed by atoms with van der Waals surface area (Å²) in [4.78, 5) is 0. The fourth-order valence-electron chi connectivity index (χ4n) is 5.28. The number of hydrogen-bond acceptors (Lipinski definition) is 6. The van der Waals surface area contributed by atoms with Gasteiger partial charge in [-0.05, 0) is 110 Å². The van der Waals surface area contributed by atoms with E-state index in [-0.39, 0.29) is 41.2 Å². The van der Waals surface area contributed by atoms with E-state index in [1.165, 1.54) is 6.42 Å². The molecule has 1 aliphatic rings. The van der Waals surface area contributed by atoms with E-state index in [1.807, 2.05) is 55.4 Å². The zero-order chi connectivity index (χ0) is 28.3. The fraction of sp³-hybridized carbons (Fsp3) is 1.00. The van der Waals surface area contributed by atoms with Crippen molar-refractivity contribution in [3.63, 3.8) is 0 Å². The van der Waals surface area contributed by atoms with Gasteiger partial charge in [0.15, 0.2) is 5.40 Å². The van der Waals surface area contributed by atoms with Crippen molar-refractivity contribution in [3.05, 3.63) is 0 Å². The van der Waals surface area contributed by atoms with Crippen LogP contribution < -0.4 is 0 Å². The van der Waals surface area contributed by atoms with E-state index in [9.17, 15) is 9.13 Å². The van der Waals surface area contributed by atoms with E-state index in [1.54, 1.807) is 0 Å². The third-order valence-electron chi connectivity index (χ3n) is 6.96. The molecule has 0 saturated heterocycles. The third-order valence-corrected chi connectivity index (χ3v) is 13.4. The average Bonchev–Trinajstić information content (AvgIpc) is 2.61. The van der Waals surface area contributed by atoms with Crippen LogP contribution in [-0.2, 0) is 27.2 Å². The maximum atomic E-state index is 14.6. The molecule has 0 aromatic rings. The SMILES string of the molecule is CC(C)OP(=O)(OC(C)C)C(CC1CC(C(C)(C)C)CC(C(C)(C)C)C1)P(=O)(OC(C)C)OC(C)C. The zero-order valence-electron chi connectivity index (χ0n) is 25.8. The molecule has 1 aliphatic carbocycles. The Morgan fingerprint density at radius 3 is 1.08 bits per heavy atom. The molecule has 1 fully saturated rings. The second-order valence-corrected chi connectivity index (χ2v) is 18.8. The minimum atomic E-state index is -3.88. The molecule has 1 saturated carbocycles. The predicted octanol–water partition coefficient (Wildman–Crippen LogP) is 9.91. The molecule has 0 aromatic carbocycles. The normalized spacial score (nSPS) is 23.0. The van der Waals surface area contributed by atoms with Crippen molar-refractivity contribution >= 4 is 15.2 Å². The Kier molecular flexibility index (Phi) is 12.5.